The third-order valence-corrected chi connectivity index (χ3v) is 4.11. The first-order chi connectivity index (χ1) is 11.2. The molecule has 7 heteroatoms. The molecule has 3 aliphatic rings. The van der Waals surface area contributed by atoms with E-state index in [1.807, 2.05) is 18.2 Å². The molecule has 1 fully saturated rings. The van der Waals surface area contributed by atoms with Gasteiger partial charge in [-0.2, -0.15) is 0 Å². The molecular weight excluding hydrogens is 297 g/mol. The van der Waals surface area contributed by atoms with Crippen molar-refractivity contribution in [2.75, 3.05) is 31.1 Å². The van der Waals surface area contributed by atoms with Crippen molar-refractivity contribution in [3.05, 3.63) is 53.6 Å². The van der Waals surface area contributed by atoms with E-state index in [1.54, 1.807) is 0 Å². The predicted octanol–water partition coefficient (Wildman–Crippen LogP) is 2.93. The van der Waals surface area contributed by atoms with Crippen LogP contribution in [-0.4, -0.2) is 36.4 Å². The van der Waals surface area contributed by atoms with Crippen molar-refractivity contribution in [3.63, 3.8) is 0 Å². The average molecular weight is 313 g/mol. The summed E-state index contributed by atoms with van der Waals surface area (Å²) >= 11 is 0. The van der Waals surface area contributed by atoms with Crippen molar-refractivity contribution in [3.8, 4) is 0 Å². The normalized spacial score (nSPS) is 23.3. The van der Waals surface area contributed by atoms with E-state index in [1.165, 1.54) is 12.2 Å². The van der Waals surface area contributed by atoms with Crippen LogP contribution in [0.5, 0.6) is 0 Å². The van der Waals surface area contributed by atoms with Gasteiger partial charge < -0.3 is 10.2 Å². The van der Waals surface area contributed by atoms with Gasteiger partial charge in [0.1, 0.15) is 11.5 Å². The summed E-state index contributed by atoms with van der Waals surface area (Å²) in [5.74, 6) is -0.512. The SMILES string of the molecule is ON1C=C(F)C=CC1=C1N=Nc2ccc(N3CCNCC3)cc21. The highest BCUT2D eigenvalue weighted by molar-refractivity contribution is 5.82. The molecule has 2 N–H and O–H groups in total. The van der Waals surface area contributed by atoms with Gasteiger partial charge in [0.05, 0.1) is 17.6 Å². The Morgan fingerprint density at radius 1 is 1.13 bits per heavy atom. The lowest BCUT2D eigenvalue weighted by Gasteiger charge is -2.29. The van der Waals surface area contributed by atoms with Crippen LogP contribution in [-0.2, 0) is 0 Å². The van der Waals surface area contributed by atoms with Gasteiger partial charge in [-0.15, -0.1) is 10.2 Å². The van der Waals surface area contributed by atoms with Crippen molar-refractivity contribution in [1.29, 1.82) is 0 Å². The molecule has 0 aromatic heterocycles. The minimum Gasteiger partial charge on any atom is -0.369 e. The van der Waals surface area contributed by atoms with Gasteiger partial charge in [0, 0.05) is 37.4 Å². The second-order valence-electron chi connectivity index (χ2n) is 5.56. The van der Waals surface area contributed by atoms with Gasteiger partial charge in [0.15, 0.2) is 0 Å². The molecule has 1 aromatic rings. The topological polar surface area (TPSA) is 63.5 Å². The molecule has 0 atom stereocenters. The lowest BCUT2D eigenvalue weighted by Crippen LogP contribution is -2.43. The first-order valence-corrected chi connectivity index (χ1v) is 7.52. The number of anilines is 1. The highest BCUT2D eigenvalue weighted by Gasteiger charge is 2.23. The van der Waals surface area contributed by atoms with E-state index in [0.717, 1.165) is 54.4 Å². The molecule has 6 nitrogen and oxygen atoms in total. The van der Waals surface area contributed by atoms with E-state index in [9.17, 15) is 9.60 Å². The fourth-order valence-electron chi connectivity index (χ4n) is 2.92. The lowest BCUT2D eigenvalue weighted by molar-refractivity contribution is -0.00199. The van der Waals surface area contributed by atoms with Crippen molar-refractivity contribution in [2.24, 2.45) is 10.2 Å². The number of hydroxylamine groups is 2. The molecule has 0 unspecified atom stereocenters. The zero-order valence-corrected chi connectivity index (χ0v) is 12.4. The molecule has 0 radical (unpaired) electrons. The number of benzene rings is 1. The number of halogens is 1. The maximum absolute atomic E-state index is 13.2. The molecule has 0 bridgehead atoms. The van der Waals surface area contributed by atoms with Gasteiger partial charge in [-0.25, -0.2) is 9.45 Å². The molecule has 3 heterocycles. The first-order valence-electron chi connectivity index (χ1n) is 7.52. The van der Waals surface area contributed by atoms with E-state index in [4.69, 9.17) is 0 Å². The van der Waals surface area contributed by atoms with Crippen LogP contribution in [0.25, 0.3) is 5.70 Å². The number of hydrogen-bond acceptors (Lipinski definition) is 6. The summed E-state index contributed by atoms with van der Waals surface area (Å²) in [5.41, 5.74) is 3.64. The molecule has 23 heavy (non-hydrogen) atoms. The zero-order chi connectivity index (χ0) is 15.8. The highest BCUT2D eigenvalue weighted by atomic mass is 19.1. The lowest BCUT2D eigenvalue weighted by atomic mass is 10.1. The zero-order valence-electron chi connectivity index (χ0n) is 12.4. The van der Waals surface area contributed by atoms with Crippen molar-refractivity contribution in [2.45, 2.75) is 0 Å². The number of nitrogens with one attached hydrogen (secondary N) is 1. The molecule has 0 saturated carbocycles. The Balaban J connectivity index is 1.73. The molecule has 118 valence electrons. The second-order valence-corrected chi connectivity index (χ2v) is 5.56. The van der Waals surface area contributed by atoms with Crippen LogP contribution in [0.15, 0.2) is 58.3 Å². The fourth-order valence-corrected chi connectivity index (χ4v) is 2.92. The van der Waals surface area contributed by atoms with Crippen molar-refractivity contribution >= 4 is 17.1 Å². The summed E-state index contributed by atoms with van der Waals surface area (Å²) in [6, 6.07) is 5.98. The Morgan fingerprint density at radius 3 is 2.74 bits per heavy atom. The summed E-state index contributed by atoms with van der Waals surface area (Å²) in [5, 5.41) is 22.3. The Kier molecular flexibility index (Phi) is 3.44. The number of piperazine rings is 1. The Bertz CT molecular complexity index is 762. The number of allylic oxidation sites excluding steroid dienone is 3. The number of azo groups is 1. The van der Waals surface area contributed by atoms with Gasteiger partial charge in [0.25, 0.3) is 0 Å². The van der Waals surface area contributed by atoms with Gasteiger partial charge in [-0.1, -0.05) is 0 Å². The van der Waals surface area contributed by atoms with Crippen LogP contribution in [0.4, 0.5) is 15.8 Å². The van der Waals surface area contributed by atoms with Crippen LogP contribution < -0.4 is 10.2 Å². The Morgan fingerprint density at radius 2 is 1.96 bits per heavy atom. The summed E-state index contributed by atoms with van der Waals surface area (Å²) in [6.45, 7) is 3.80. The largest absolute Gasteiger partial charge is 0.369 e. The van der Waals surface area contributed by atoms with E-state index < -0.39 is 5.83 Å². The monoisotopic (exact) mass is 313 g/mol. The second kappa shape index (κ2) is 5.60. The fraction of sp³-hybridized carbons (Fsp3) is 0.250. The van der Waals surface area contributed by atoms with E-state index in [2.05, 4.69) is 20.4 Å². The van der Waals surface area contributed by atoms with Gasteiger partial charge in [-0.3, -0.25) is 5.21 Å². The Labute approximate surface area is 132 Å². The average Bonchev–Trinajstić information content (AvgIpc) is 2.99. The summed E-state index contributed by atoms with van der Waals surface area (Å²) in [7, 11) is 0. The third-order valence-electron chi connectivity index (χ3n) is 4.11. The smallest absolute Gasteiger partial charge is 0.142 e. The molecule has 1 aromatic carbocycles. The van der Waals surface area contributed by atoms with Crippen LogP contribution in [0.3, 0.4) is 0 Å². The maximum atomic E-state index is 13.2. The van der Waals surface area contributed by atoms with E-state index >= 15 is 0 Å². The number of nitrogens with zero attached hydrogens (tertiary/aromatic N) is 4. The van der Waals surface area contributed by atoms with Crippen LogP contribution in [0.1, 0.15) is 5.56 Å². The van der Waals surface area contributed by atoms with E-state index in [-0.39, 0.29) is 0 Å². The van der Waals surface area contributed by atoms with Gasteiger partial charge in [-0.05, 0) is 30.4 Å². The maximum Gasteiger partial charge on any atom is 0.142 e. The minimum absolute atomic E-state index is 0.409. The molecular formula is C16H16FN5O. The molecule has 3 aliphatic heterocycles. The Hall–Kier alpha value is -2.51. The molecule has 0 aliphatic carbocycles. The molecule has 0 spiro atoms. The molecule has 0 amide bonds. The first kappa shape index (κ1) is 14.1. The number of rotatable bonds is 1. The summed E-state index contributed by atoms with van der Waals surface area (Å²) in [6.07, 6.45) is 3.80. The van der Waals surface area contributed by atoms with E-state index in [0.29, 0.717) is 11.4 Å². The quantitative estimate of drug-likeness (QED) is 0.837. The summed E-state index contributed by atoms with van der Waals surface area (Å²) < 4.78 is 13.2. The van der Waals surface area contributed by atoms with Crippen LogP contribution in [0, 0.1) is 0 Å². The molecule has 1 saturated heterocycles. The van der Waals surface area contributed by atoms with Crippen molar-refractivity contribution in [1.82, 2.24) is 10.4 Å². The standard InChI is InChI=1S/C16H16FN5O/c17-11-1-4-15(22(23)10-11)16-13-9-12(2-3-14(13)19-20-16)21-7-5-18-6-8-21/h1-4,9-10,18,23H,5-8H2. The number of hydrogen-bond donors (Lipinski definition) is 2. The van der Waals surface area contributed by atoms with Crippen LogP contribution >= 0.6 is 0 Å². The van der Waals surface area contributed by atoms with Crippen molar-refractivity contribution < 1.29 is 9.60 Å². The van der Waals surface area contributed by atoms with Crippen LogP contribution in [0.2, 0.25) is 0 Å². The predicted molar refractivity (Wildman–Crippen MR) is 84.9 cm³/mol. The van der Waals surface area contributed by atoms with Gasteiger partial charge >= 0.3 is 0 Å². The highest BCUT2D eigenvalue weighted by Crippen LogP contribution is 2.40. The third kappa shape index (κ3) is 2.54. The number of fused-ring (bicyclic) bond motifs is 1. The molecule has 4 rings (SSSR count). The van der Waals surface area contributed by atoms with Gasteiger partial charge in [0.2, 0.25) is 0 Å². The summed E-state index contributed by atoms with van der Waals surface area (Å²) in [4.78, 5) is 2.30. The minimum atomic E-state index is -0.512.